The van der Waals surface area contributed by atoms with Gasteiger partial charge in [0.05, 0.1) is 22.5 Å². The first-order valence-electron chi connectivity index (χ1n) is 12.6. The van der Waals surface area contributed by atoms with Gasteiger partial charge in [0.1, 0.15) is 28.9 Å². The number of aromatic hydroxyl groups is 3. The van der Waals surface area contributed by atoms with Crippen molar-refractivity contribution in [1.29, 1.82) is 0 Å². The lowest BCUT2D eigenvalue weighted by atomic mass is 9.60. The molecule has 0 fully saturated rings. The van der Waals surface area contributed by atoms with Gasteiger partial charge < -0.3 is 35.4 Å². The second-order valence-corrected chi connectivity index (χ2v) is 10.9. The van der Waals surface area contributed by atoms with Crippen molar-refractivity contribution < 1.29 is 49.8 Å². The predicted octanol–water partition coefficient (Wildman–Crippen LogP) is 2.35. The van der Waals surface area contributed by atoms with Crippen LogP contribution < -0.4 is 0 Å². The minimum Gasteiger partial charge on any atom is -0.507 e. The minimum atomic E-state index is -2.70. The van der Waals surface area contributed by atoms with E-state index in [1.54, 1.807) is 6.92 Å². The van der Waals surface area contributed by atoms with E-state index < -0.39 is 64.1 Å². The van der Waals surface area contributed by atoms with Gasteiger partial charge in [-0.3, -0.25) is 9.59 Å². The molecule has 0 saturated heterocycles. The van der Waals surface area contributed by atoms with E-state index in [9.17, 15) is 45.0 Å². The normalized spacial score (nSPS) is 29.8. The van der Waals surface area contributed by atoms with E-state index in [0.29, 0.717) is 16.7 Å². The molecular formula is C30H22O10. The number of ketones is 2. The number of hydrogen-bond acceptors (Lipinski definition) is 10. The fraction of sp³-hybridized carbons (Fsp3) is 0.233. The van der Waals surface area contributed by atoms with Crippen LogP contribution in [0.4, 0.5) is 0 Å². The van der Waals surface area contributed by atoms with E-state index in [0.717, 1.165) is 12.2 Å². The van der Waals surface area contributed by atoms with Crippen LogP contribution in [0.3, 0.4) is 0 Å². The summed E-state index contributed by atoms with van der Waals surface area (Å²) in [6.45, 7) is 1.65. The Morgan fingerprint density at radius 2 is 1.62 bits per heavy atom. The lowest BCUT2D eigenvalue weighted by Gasteiger charge is -2.51. The highest BCUT2D eigenvalue weighted by atomic mass is 16.7. The van der Waals surface area contributed by atoms with E-state index in [4.69, 9.17) is 4.74 Å². The van der Waals surface area contributed by atoms with Gasteiger partial charge in [0.25, 0.3) is 5.79 Å². The molecule has 10 nitrogen and oxygen atoms in total. The Balaban J connectivity index is 1.57. The average Bonchev–Trinajstić information content (AvgIpc) is 3.20. The summed E-state index contributed by atoms with van der Waals surface area (Å²) in [5.41, 5.74) is -1.29. The average molecular weight is 542 g/mol. The molecule has 4 aliphatic rings. The molecule has 5 atom stereocenters. The number of aliphatic hydroxyl groups excluding tert-OH is 2. The number of rotatable bonds is 0. The molecule has 6 N–H and O–H groups in total. The Morgan fingerprint density at radius 3 is 2.38 bits per heavy atom. The van der Waals surface area contributed by atoms with Gasteiger partial charge >= 0.3 is 5.97 Å². The maximum absolute atomic E-state index is 13.2. The fourth-order valence-corrected chi connectivity index (χ4v) is 7.15. The standard InChI is InChI=1S/C30H22O10/c1-11-6-15-25(19(33)7-11)28(38)40-30(39)21(35)5-2-16-22-12(10-29(16,30)27(15)37)8-20(34)24-14(22)9-13-17(31)3-4-18(32)23(13)26(24)36/h2-9,16,21,27,33-37,39H,10H2,1H3/t16-,21-,27+,29+,30-/m1/s1. The zero-order chi connectivity index (χ0) is 28.5. The molecule has 3 aromatic rings. The lowest BCUT2D eigenvalue weighted by molar-refractivity contribution is -0.304. The Morgan fingerprint density at radius 1 is 0.900 bits per heavy atom. The molecule has 3 aliphatic carbocycles. The maximum atomic E-state index is 13.2. The minimum absolute atomic E-state index is 0.0154. The Labute approximate surface area is 225 Å². The molecule has 0 amide bonds. The van der Waals surface area contributed by atoms with Crippen molar-refractivity contribution in [2.45, 2.75) is 37.3 Å². The molecule has 202 valence electrons. The smallest absolute Gasteiger partial charge is 0.344 e. The highest BCUT2D eigenvalue weighted by molar-refractivity contribution is 6.26. The number of aliphatic hydroxyl groups is 3. The van der Waals surface area contributed by atoms with Gasteiger partial charge in [-0.25, -0.2) is 4.79 Å². The first kappa shape index (κ1) is 24.5. The molecule has 0 radical (unpaired) electrons. The van der Waals surface area contributed by atoms with E-state index in [2.05, 4.69) is 0 Å². The van der Waals surface area contributed by atoms with Crippen LogP contribution in [0.1, 0.15) is 65.3 Å². The van der Waals surface area contributed by atoms with Crippen LogP contribution in [-0.4, -0.2) is 60.1 Å². The summed E-state index contributed by atoms with van der Waals surface area (Å²) in [6.07, 6.45) is 1.18. The largest absolute Gasteiger partial charge is 0.507 e. The molecule has 0 aromatic heterocycles. The first-order chi connectivity index (χ1) is 18.9. The van der Waals surface area contributed by atoms with Crippen LogP contribution in [0.15, 0.2) is 48.6 Å². The number of hydrogen-bond donors (Lipinski definition) is 6. The van der Waals surface area contributed by atoms with Crippen LogP contribution in [0.2, 0.25) is 0 Å². The van der Waals surface area contributed by atoms with E-state index in [-0.39, 0.29) is 39.4 Å². The van der Waals surface area contributed by atoms with Crippen LogP contribution in [-0.2, 0) is 11.2 Å². The summed E-state index contributed by atoms with van der Waals surface area (Å²) in [4.78, 5) is 38.5. The number of phenolic OH excluding ortho intramolecular Hbond substituents is 3. The van der Waals surface area contributed by atoms with Crippen LogP contribution in [0.25, 0.3) is 10.8 Å². The Bertz CT molecular complexity index is 1820. The van der Waals surface area contributed by atoms with Crippen molar-refractivity contribution in [3.05, 3.63) is 87.5 Å². The van der Waals surface area contributed by atoms with Gasteiger partial charge in [0, 0.05) is 11.5 Å². The van der Waals surface area contributed by atoms with E-state index in [1.165, 1.54) is 36.4 Å². The zero-order valence-electron chi connectivity index (χ0n) is 20.9. The van der Waals surface area contributed by atoms with E-state index in [1.807, 2.05) is 0 Å². The summed E-state index contributed by atoms with van der Waals surface area (Å²) in [5, 5.41) is 67.9. The van der Waals surface area contributed by atoms with Crippen molar-refractivity contribution in [2.24, 2.45) is 5.41 Å². The summed E-state index contributed by atoms with van der Waals surface area (Å²) in [5.74, 6) is -7.46. The predicted molar refractivity (Wildman–Crippen MR) is 137 cm³/mol. The molecular weight excluding hydrogens is 520 g/mol. The van der Waals surface area contributed by atoms with Gasteiger partial charge in [-0.05, 0) is 71.3 Å². The SMILES string of the molecule is Cc1cc(O)c2c(c1)[C@H](O)[C@]13Cc4cc(O)c5c(O)c6c(cc5c4[C@H]1C=C[C@@H](O)[C@@]3(O)OC2=O)C(=O)C=CC6=O. The number of phenols is 3. The number of fused-ring (bicyclic) bond motifs is 6. The highest BCUT2D eigenvalue weighted by Gasteiger charge is 2.70. The number of ether oxygens (including phenoxy) is 1. The first-order valence-corrected chi connectivity index (χ1v) is 12.6. The van der Waals surface area contributed by atoms with Crippen LogP contribution in [0, 0.1) is 12.3 Å². The monoisotopic (exact) mass is 542 g/mol. The summed E-state index contributed by atoms with van der Waals surface area (Å²) in [6, 6.07) is 5.49. The zero-order valence-corrected chi connectivity index (χ0v) is 20.9. The molecule has 0 saturated carbocycles. The molecule has 3 aromatic carbocycles. The van der Waals surface area contributed by atoms with Gasteiger partial charge in [-0.15, -0.1) is 0 Å². The molecule has 0 bridgehead atoms. The van der Waals surface area contributed by atoms with Gasteiger partial charge in [0.15, 0.2) is 11.6 Å². The molecule has 40 heavy (non-hydrogen) atoms. The Kier molecular flexibility index (Phi) is 4.64. The second-order valence-electron chi connectivity index (χ2n) is 10.9. The number of carbonyl (C=O) groups excluding carboxylic acids is 3. The van der Waals surface area contributed by atoms with Crippen molar-refractivity contribution in [3.8, 4) is 17.2 Å². The summed E-state index contributed by atoms with van der Waals surface area (Å²) >= 11 is 0. The number of benzene rings is 3. The maximum Gasteiger partial charge on any atom is 0.344 e. The number of aryl methyl sites for hydroxylation is 1. The summed E-state index contributed by atoms with van der Waals surface area (Å²) in [7, 11) is 0. The van der Waals surface area contributed by atoms with Gasteiger partial charge in [-0.2, -0.15) is 0 Å². The Hall–Kier alpha value is -4.51. The van der Waals surface area contributed by atoms with Crippen molar-refractivity contribution in [3.63, 3.8) is 0 Å². The molecule has 1 spiro atoms. The third kappa shape index (κ3) is 2.70. The second kappa shape index (κ2) is 7.57. The highest BCUT2D eigenvalue weighted by Crippen LogP contribution is 2.66. The molecule has 0 unspecified atom stereocenters. The molecule has 10 heteroatoms. The number of allylic oxidation sites excluding steroid dienone is 3. The quantitative estimate of drug-likeness (QED) is 0.182. The van der Waals surface area contributed by atoms with E-state index >= 15 is 0 Å². The van der Waals surface area contributed by atoms with Gasteiger partial charge in [-0.1, -0.05) is 18.2 Å². The lowest BCUT2D eigenvalue weighted by Crippen LogP contribution is -2.63. The summed E-state index contributed by atoms with van der Waals surface area (Å²) < 4.78 is 5.53. The van der Waals surface area contributed by atoms with Gasteiger partial charge in [0.2, 0.25) is 0 Å². The third-order valence-corrected chi connectivity index (χ3v) is 8.83. The fourth-order valence-electron chi connectivity index (χ4n) is 7.15. The van der Waals surface area contributed by atoms with Crippen molar-refractivity contribution >= 4 is 28.3 Å². The number of esters is 1. The van der Waals surface area contributed by atoms with Crippen molar-refractivity contribution in [1.82, 2.24) is 0 Å². The molecule has 1 aliphatic heterocycles. The molecule has 7 rings (SSSR count). The van der Waals surface area contributed by atoms with Crippen LogP contribution >= 0.6 is 0 Å². The topological polar surface area (TPSA) is 182 Å². The molecule has 1 heterocycles. The third-order valence-electron chi connectivity index (χ3n) is 8.83. The number of carbonyl (C=O) groups is 3. The van der Waals surface area contributed by atoms with Crippen LogP contribution in [0.5, 0.6) is 17.2 Å². The van der Waals surface area contributed by atoms with Crippen molar-refractivity contribution in [2.75, 3.05) is 0 Å².